The molecule has 3 aliphatic rings. The largest absolute Gasteiger partial charge is 0.463 e. The van der Waals surface area contributed by atoms with Crippen LogP contribution >= 0.6 is 23.5 Å². The zero-order valence-corrected chi connectivity index (χ0v) is 14.1. The van der Waals surface area contributed by atoms with Gasteiger partial charge in [0.2, 0.25) is 0 Å². The van der Waals surface area contributed by atoms with E-state index in [0.29, 0.717) is 11.5 Å². The van der Waals surface area contributed by atoms with E-state index in [1.54, 1.807) is 0 Å². The summed E-state index contributed by atoms with van der Waals surface area (Å²) in [6.45, 7) is 0. The van der Waals surface area contributed by atoms with Gasteiger partial charge in [-0.05, 0) is 6.42 Å². The molecule has 0 amide bonds. The molecule has 7 heteroatoms. The first kappa shape index (κ1) is 16.0. The van der Waals surface area contributed by atoms with Crippen LogP contribution in [-0.2, 0) is 4.74 Å². The van der Waals surface area contributed by atoms with Crippen LogP contribution in [0.25, 0.3) is 0 Å². The van der Waals surface area contributed by atoms with Gasteiger partial charge in [-0.1, -0.05) is 60.0 Å². The summed E-state index contributed by atoms with van der Waals surface area (Å²) in [7, 11) is 0. The van der Waals surface area contributed by atoms with E-state index in [-0.39, 0.29) is 15.8 Å². The van der Waals surface area contributed by atoms with Gasteiger partial charge in [-0.2, -0.15) is 0 Å². The zero-order valence-electron chi connectivity index (χ0n) is 12.5. The van der Waals surface area contributed by atoms with Crippen molar-refractivity contribution in [3.8, 4) is 0 Å². The summed E-state index contributed by atoms with van der Waals surface area (Å²) in [6, 6.07) is 0. The summed E-state index contributed by atoms with van der Waals surface area (Å²) < 4.78 is 6.21. The lowest BCUT2D eigenvalue weighted by molar-refractivity contribution is 0.279. The van der Waals surface area contributed by atoms with Crippen LogP contribution in [0.1, 0.15) is 6.42 Å². The Morgan fingerprint density at radius 1 is 1.13 bits per heavy atom. The van der Waals surface area contributed by atoms with Crippen LogP contribution in [0.4, 0.5) is 0 Å². The molecule has 0 saturated heterocycles. The normalized spacial score (nSPS) is 24.5. The number of nitrogens with two attached hydrogens (primary N) is 2. The fraction of sp³-hybridized carbons (Fsp3) is 0.250. The maximum atomic E-state index is 7.41. The van der Waals surface area contributed by atoms with E-state index >= 15 is 0 Å². The quantitative estimate of drug-likeness (QED) is 0.462. The molecule has 3 rings (SSSR count). The molecule has 0 aromatic carbocycles. The van der Waals surface area contributed by atoms with Gasteiger partial charge in [-0.25, -0.2) is 0 Å². The van der Waals surface area contributed by atoms with E-state index in [1.165, 1.54) is 23.5 Å². The highest BCUT2D eigenvalue weighted by Gasteiger charge is 2.46. The molecule has 0 fully saturated rings. The summed E-state index contributed by atoms with van der Waals surface area (Å²) in [5.74, 6) is 2.93. The minimum atomic E-state index is -0.261. The molecule has 1 aliphatic heterocycles. The van der Waals surface area contributed by atoms with Crippen LogP contribution in [0, 0.1) is 16.2 Å². The number of ether oxygens (including phenoxy) is 1. The Bertz CT molecular complexity index is 718. The van der Waals surface area contributed by atoms with Crippen LogP contribution in [0.3, 0.4) is 0 Å². The third-order valence-corrected chi connectivity index (χ3v) is 5.44. The Hall–Kier alpha value is -1.86. The predicted octanol–water partition coefficient (Wildman–Crippen LogP) is 2.85. The van der Waals surface area contributed by atoms with Crippen LogP contribution in [0.5, 0.6) is 0 Å². The van der Waals surface area contributed by atoms with Crippen molar-refractivity contribution < 1.29 is 4.74 Å². The van der Waals surface area contributed by atoms with Gasteiger partial charge in [-0.15, -0.1) is 0 Å². The summed E-state index contributed by atoms with van der Waals surface area (Å²) in [5, 5.41) is 15.0. The number of hydrogen-bond acceptors (Lipinski definition) is 5. The highest BCUT2D eigenvalue weighted by atomic mass is 32.2. The van der Waals surface area contributed by atoms with Gasteiger partial charge in [0.1, 0.15) is 11.5 Å². The Kier molecular flexibility index (Phi) is 4.41. The van der Waals surface area contributed by atoms with E-state index in [4.69, 9.17) is 27.0 Å². The standard InChI is InChI=1S/C16H18N4OS2/c17-14(18)22-8-10-4-3-7-16-6-2-1-5-11(16)12(21-13(10)16)9-23-15(19)20/h1-6H,7-9H2,(H3,17,18)(H3,19,20). The third kappa shape index (κ3) is 2.98. The Balaban J connectivity index is 1.96. The number of allylic oxidation sites excluding steroid dienone is 6. The second-order valence-electron chi connectivity index (χ2n) is 5.40. The van der Waals surface area contributed by atoms with Gasteiger partial charge in [-0.3, -0.25) is 10.8 Å². The molecular formula is C16H18N4OS2. The van der Waals surface area contributed by atoms with Crippen molar-refractivity contribution in [2.45, 2.75) is 6.42 Å². The molecule has 1 atom stereocenters. The molecule has 5 nitrogen and oxygen atoms in total. The first-order valence-electron chi connectivity index (χ1n) is 7.14. The molecule has 1 heterocycles. The van der Waals surface area contributed by atoms with Crippen LogP contribution < -0.4 is 11.5 Å². The second kappa shape index (κ2) is 6.33. The van der Waals surface area contributed by atoms with Crippen LogP contribution in [0.15, 0.2) is 59.1 Å². The summed E-state index contributed by atoms with van der Waals surface area (Å²) in [6.07, 6.45) is 13.4. The fourth-order valence-corrected chi connectivity index (χ4v) is 4.06. The van der Waals surface area contributed by atoms with Crippen molar-refractivity contribution in [2.24, 2.45) is 16.9 Å². The summed E-state index contributed by atoms with van der Waals surface area (Å²) in [5.41, 5.74) is 12.9. The highest BCUT2D eigenvalue weighted by molar-refractivity contribution is 8.14. The van der Waals surface area contributed by atoms with Gasteiger partial charge >= 0.3 is 0 Å². The van der Waals surface area contributed by atoms with Gasteiger partial charge in [0, 0.05) is 16.9 Å². The summed E-state index contributed by atoms with van der Waals surface area (Å²) in [4.78, 5) is 0. The first-order chi connectivity index (χ1) is 11.0. The molecule has 120 valence electrons. The average molecular weight is 346 g/mol. The number of hydrogen-bond donors (Lipinski definition) is 4. The number of thioether (sulfide) groups is 2. The predicted molar refractivity (Wildman–Crippen MR) is 98.4 cm³/mol. The van der Waals surface area contributed by atoms with Gasteiger partial charge in [0.15, 0.2) is 10.3 Å². The highest BCUT2D eigenvalue weighted by Crippen LogP contribution is 2.54. The molecule has 1 spiro atoms. The molecule has 0 aromatic rings. The number of amidine groups is 2. The molecule has 0 bridgehead atoms. The van der Waals surface area contributed by atoms with E-state index < -0.39 is 0 Å². The molecular weight excluding hydrogens is 328 g/mol. The van der Waals surface area contributed by atoms with Gasteiger partial charge in [0.05, 0.1) is 11.2 Å². The van der Waals surface area contributed by atoms with Crippen molar-refractivity contribution >= 4 is 33.9 Å². The minimum Gasteiger partial charge on any atom is -0.463 e. The van der Waals surface area contributed by atoms with E-state index in [9.17, 15) is 0 Å². The van der Waals surface area contributed by atoms with Crippen molar-refractivity contribution in [3.63, 3.8) is 0 Å². The van der Waals surface area contributed by atoms with Crippen LogP contribution in [0.2, 0.25) is 0 Å². The molecule has 0 saturated carbocycles. The Morgan fingerprint density at radius 3 is 2.61 bits per heavy atom. The molecule has 2 aliphatic carbocycles. The molecule has 1 unspecified atom stereocenters. The lowest BCUT2D eigenvalue weighted by atomic mass is 9.71. The first-order valence-corrected chi connectivity index (χ1v) is 9.11. The van der Waals surface area contributed by atoms with Gasteiger partial charge in [0.25, 0.3) is 0 Å². The number of nitrogens with one attached hydrogen (secondary N) is 2. The topological polar surface area (TPSA) is 109 Å². The van der Waals surface area contributed by atoms with E-state index in [0.717, 1.165) is 29.1 Å². The van der Waals surface area contributed by atoms with Gasteiger partial charge < -0.3 is 16.2 Å². The minimum absolute atomic E-state index is 0.0837. The number of rotatable bonds is 4. The van der Waals surface area contributed by atoms with Crippen molar-refractivity contribution in [1.82, 2.24) is 0 Å². The zero-order chi connectivity index (χ0) is 16.4. The van der Waals surface area contributed by atoms with E-state index in [2.05, 4.69) is 24.3 Å². The SMILES string of the molecule is N=C(N)SCC1=C2OC(CSC(=N)N)=C3C=CC=CC32CC=C1. The molecule has 23 heavy (non-hydrogen) atoms. The van der Waals surface area contributed by atoms with Crippen molar-refractivity contribution in [3.05, 3.63) is 59.1 Å². The average Bonchev–Trinajstić information content (AvgIpc) is 2.85. The molecule has 0 aromatic heterocycles. The maximum absolute atomic E-state index is 7.41. The van der Waals surface area contributed by atoms with E-state index in [1.807, 2.05) is 12.2 Å². The summed E-state index contributed by atoms with van der Waals surface area (Å²) >= 11 is 2.56. The lowest BCUT2D eigenvalue weighted by Gasteiger charge is -2.31. The van der Waals surface area contributed by atoms with Crippen molar-refractivity contribution in [2.75, 3.05) is 11.5 Å². The lowest BCUT2D eigenvalue weighted by Crippen LogP contribution is -2.24. The van der Waals surface area contributed by atoms with Crippen LogP contribution in [-0.4, -0.2) is 21.8 Å². The Labute approximate surface area is 143 Å². The monoisotopic (exact) mass is 346 g/mol. The maximum Gasteiger partial charge on any atom is 0.151 e. The third-order valence-electron chi connectivity index (χ3n) is 3.96. The molecule has 0 radical (unpaired) electrons. The fourth-order valence-electron chi connectivity index (χ4n) is 3.02. The smallest absolute Gasteiger partial charge is 0.151 e. The van der Waals surface area contributed by atoms with Crippen molar-refractivity contribution in [1.29, 1.82) is 10.8 Å². The Morgan fingerprint density at radius 2 is 1.87 bits per heavy atom. The second-order valence-corrected chi connectivity index (χ2v) is 7.43. The molecule has 6 N–H and O–H groups in total.